The standard InChI is InChI=1S/C16H31N3OS/c1-5-9-16(10-6-2,14(17)21)15(20)19-11-7-13(8-12-19)18(3)4/h13H,5-12H2,1-4H3,(H2,17,21). The highest BCUT2D eigenvalue weighted by atomic mass is 32.1. The highest BCUT2D eigenvalue weighted by molar-refractivity contribution is 7.80. The van der Waals surface area contributed by atoms with Gasteiger partial charge in [-0.25, -0.2) is 0 Å². The molecule has 1 heterocycles. The number of carbonyl (C=O) groups is 1. The number of hydrogen-bond donors (Lipinski definition) is 1. The predicted molar refractivity (Wildman–Crippen MR) is 92.3 cm³/mol. The lowest BCUT2D eigenvalue weighted by molar-refractivity contribution is -0.140. The van der Waals surface area contributed by atoms with Gasteiger partial charge in [-0.3, -0.25) is 4.79 Å². The van der Waals surface area contributed by atoms with E-state index in [-0.39, 0.29) is 5.91 Å². The second-order valence-electron chi connectivity index (χ2n) is 6.43. The summed E-state index contributed by atoms with van der Waals surface area (Å²) in [5.74, 6) is 0.163. The molecule has 0 bridgehead atoms. The molecular formula is C16H31N3OS. The SMILES string of the molecule is CCCC(CCC)(C(=O)N1CCC(N(C)C)CC1)C(N)=S. The summed E-state index contributed by atoms with van der Waals surface area (Å²) in [7, 11) is 4.21. The molecule has 0 unspecified atom stereocenters. The second-order valence-corrected chi connectivity index (χ2v) is 6.87. The average molecular weight is 314 g/mol. The van der Waals surface area contributed by atoms with Crippen molar-refractivity contribution >= 4 is 23.1 Å². The third-order valence-electron chi connectivity index (χ3n) is 4.72. The van der Waals surface area contributed by atoms with E-state index < -0.39 is 5.41 Å². The van der Waals surface area contributed by atoms with Crippen LogP contribution in [0.2, 0.25) is 0 Å². The molecule has 0 aromatic carbocycles. The first-order valence-electron chi connectivity index (χ1n) is 8.14. The molecule has 1 fully saturated rings. The summed E-state index contributed by atoms with van der Waals surface area (Å²) in [5, 5.41) is 0. The van der Waals surface area contributed by atoms with Gasteiger partial charge in [-0.05, 0) is 39.8 Å². The quantitative estimate of drug-likeness (QED) is 0.733. The molecule has 122 valence electrons. The normalized spacial score (nSPS) is 17.3. The predicted octanol–water partition coefficient (Wildman–Crippen LogP) is 2.41. The van der Waals surface area contributed by atoms with Gasteiger partial charge >= 0.3 is 0 Å². The van der Waals surface area contributed by atoms with Crippen molar-refractivity contribution in [3.05, 3.63) is 0 Å². The second kappa shape index (κ2) is 8.08. The summed E-state index contributed by atoms with van der Waals surface area (Å²) in [6.07, 6.45) is 5.45. The van der Waals surface area contributed by atoms with E-state index in [0.29, 0.717) is 11.0 Å². The summed E-state index contributed by atoms with van der Waals surface area (Å²) >= 11 is 5.29. The van der Waals surface area contributed by atoms with Crippen molar-refractivity contribution in [3.63, 3.8) is 0 Å². The zero-order chi connectivity index (χ0) is 16.0. The molecule has 0 aromatic rings. The van der Waals surface area contributed by atoms with E-state index in [4.69, 9.17) is 18.0 Å². The number of nitrogens with two attached hydrogens (primary N) is 1. The zero-order valence-corrected chi connectivity index (χ0v) is 14.8. The fourth-order valence-corrected chi connectivity index (χ4v) is 3.72. The van der Waals surface area contributed by atoms with Crippen LogP contribution in [0.5, 0.6) is 0 Å². The van der Waals surface area contributed by atoms with E-state index >= 15 is 0 Å². The first-order chi connectivity index (χ1) is 9.89. The molecule has 1 aliphatic heterocycles. The molecule has 5 heteroatoms. The molecule has 0 radical (unpaired) electrons. The number of amides is 1. The lowest BCUT2D eigenvalue weighted by Gasteiger charge is -2.41. The van der Waals surface area contributed by atoms with Crippen LogP contribution in [0.3, 0.4) is 0 Å². The van der Waals surface area contributed by atoms with Crippen molar-refractivity contribution in [2.24, 2.45) is 11.1 Å². The molecule has 4 nitrogen and oxygen atoms in total. The Labute approximate surface area is 135 Å². The summed E-state index contributed by atoms with van der Waals surface area (Å²) < 4.78 is 0. The van der Waals surface area contributed by atoms with Crippen LogP contribution in [0.1, 0.15) is 52.4 Å². The first-order valence-corrected chi connectivity index (χ1v) is 8.55. The molecule has 1 saturated heterocycles. The van der Waals surface area contributed by atoms with Gasteiger partial charge in [-0.2, -0.15) is 0 Å². The van der Waals surface area contributed by atoms with Gasteiger partial charge in [0.25, 0.3) is 0 Å². The first kappa shape index (κ1) is 18.4. The molecule has 2 N–H and O–H groups in total. The lowest BCUT2D eigenvalue weighted by Crippen LogP contribution is -2.54. The minimum atomic E-state index is -0.621. The minimum Gasteiger partial charge on any atom is -0.392 e. The lowest BCUT2D eigenvalue weighted by atomic mass is 9.77. The van der Waals surface area contributed by atoms with Crippen LogP contribution in [0, 0.1) is 5.41 Å². The average Bonchev–Trinajstić information content (AvgIpc) is 2.46. The molecule has 0 aliphatic carbocycles. The number of carbonyl (C=O) groups excluding carboxylic acids is 1. The number of rotatable bonds is 7. The van der Waals surface area contributed by atoms with Crippen molar-refractivity contribution in [1.29, 1.82) is 0 Å². The Hall–Kier alpha value is -0.680. The summed E-state index contributed by atoms with van der Waals surface area (Å²) in [6.45, 7) is 5.82. The third kappa shape index (κ3) is 4.16. The van der Waals surface area contributed by atoms with Crippen molar-refractivity contribution in [2.75, 3.05) is 27.2 Å². The Morgan fingerprint density at radius 1 is 1.24 bits per heavy atom. The van der Waals surface area contributed by atoms with Crippen LogP contribution >= 0.6 is 12.2 Å². The molecule has 1 amide bonds. The van der Waals surface area contributed by atoms with Gasteiger partial charge in [0.15, 0.2) is 0 Å². The summed E-state index contributed by atoms with van der Waals surface area (Å²) in [6, 6.07) is 0.575. The molecular weight excluding hydrogens is 282 g/mol. The molecule has 0 spiro atoms. The molecule has 1 rings (SSSR count). The highest BCUT2D eigenvalue weighted by Gasteiger charge is 2.43. The van der Waals surface area contributed by atoms with Crippen LogP contribution in [-0.2, 0) is 4.79 Å². The topological polar surface area (TPSA) is 49.6 Å². The Kier molecular flexibility index (Phi) is 7.07. The van der Waals surface area contributed by atoms with Gasteiger partial charge in [0.05, 0.1) is 10.4 Å². The molecule has 0 atom stereocenters. The van der Waals surface area contributed by atoms with Crippen LogP contribution in [0.15, 0.2) is 0 Å². The maximum Gasteiger partial charge on any atom is 0.235 e. The highest BCUT2D eigenvalue weighted by Crippen LogP contribution is 2.34. The number of nitrogens with zero attached hydrogens (tertiary/aromatic N) is 2. The maximum atomic E-state index is 13.1. The van der Waals surface area contributed by atoms with Gasteiger partial charge in [0, 0.05) is 19.1 Å². The van der Waals surface area contributed by atoms with Crippen LogP contribution in [-0.4, -0.2) is 53.9 Å². The Morgan fingerprint density at radius 3 is 2.05 bits per heavy atom. The van der Waals surface area contributed by atoms with Crippen LogP contribution in [0.25, 0.3) is 0 Å². The van der Waals surface area contributed by atoms with Crippen molar-refractivity contribution < 1.29 is 4.79 Å². The third-order valence-corrected chi connectivity index (χ3v) is 5.11. The number of hydrogen-bond acceptors (Lipinski definition) is 3. The van der Waals surface area contributed by atoms with E-state index in [0.717, 1.165) is 51.6 Å². The monoisotopic (exact) mass is 313 g/mol. The zero-order valence-electron chi connectivity index (χ0n) is 14.0. The molecule has 0 saturated carbocycles. The van der Waals surface area contributed by atoms with Crippen molar-refractivity contribution in [3.8, 4) is 0 Å². The molecule has 0 aromatic heterocycles. The van der Waals surface area contributed by atoms with Gasteiger partial charge in [-0.1, -0.05) is 38.9 Å². The van der Waals surface area contributed by atoms with Crippen LogP contribution in [0.4, 0.5) is 0 Å². The van der Waals surface area contributed by atoms with Gasteiger partial charge < -0.3 is 15.5 Å². The Bertz CT molecular complexity index is 357. The van der Waals surface area contributed by atoms with Gasteiger partial charge in [0.2, 0.25) is 5.91 Å². The molecule has 1 aliphatic rings. The van der Waals surface area contributed by atoms with E-state index in [1.54, 1.807) is 0 Å². The van der Waals surface area contributed by atoms with E-state index in [1.807, 2.05) is 4.90 Å². The smallest absolute Gasteiger partial charge is 0.235 e. The van der Waals surface area contributed by atoms with E-state index in [9.17, 15) is 4.79 Å². The van der Waals surface area contributed by atoms with Crippen molar-refractivity contribution in [2.45, 2.75) is 58.4 Å². The molecule has 21 heavy (non-hydrogen) atoms. The van der Waals surface area contributed by atoms with E-state index in [2.05, 4.69) is 32.8 Å². The maximum absolute atomic E-state index is 13.1. The van der Waals surface area contributed by atoms with Gasteiger partial charge in [-0.15, -0.1) is 0 Å². The minimum absolute atomic E-state index is 0.163. The Morgan fingerprint density at radius 2 is 1.71 bits per heavy atom. The number of thiocarbonyl (C=S) groups is 1. The number of piperidine rings is 1. The van der Waals surface area contributed by atoms with Gasteiger partial charge in [0.1, 0.15) is 0 Å². The summed E-state index contributed by atoms with van der Waals surface area (Å²) in [4.78, 5) is 17.7. The number of likely N-dealkylation sites (tertiary alicyclic amines) is 1. The fraction of sp³-hybridized carbons (Fsp3) is 0.875. The Balaban J connectivity index is 2.84. The van der Waals surface area contributed by atoms with Crippen molar-refractivity contribution in [1.82, 2.24) is 9.80 Å². The van der Waals surface area contributed by atoms with E-state index in [1.165, 1.54) is 0 Å². The largest absolute Gasteiger partial charge is 0.392 e. The summed E-state index contributed by atoms with van der Waals surface area (Å²) in [5.41, 5.74) is 5.38. The van der Waals surface area contributed by atoms with Crippen LogP contribution < -0.4 is 5.73 Å². The fourth-order valence-electron chi connectivity index (χ4n) is 3.43.